The fraction of sp³-hybridized carbons (Fsp3) is 0.682. The third-order valence-corrected chi connectivity index (χ3v) is 5.67. The highest BCUT2D eigenvalue weighted by Gasteiger charge is 2.49. The van der Waals surface area contributed by atoms with E-state index in [2.05, 4.69) is 17.6 Å². The number of rotatable bonds is 6. The molecule has 0 unspecified atom stereocenters. The molecule has 184 valence electrons. The molecule has 0 saturated carbocycles. The van der Waals surface area contributed by atoms with Crippen LogP contribution >= 0.6 is 12.6 Å². The summed E-state index contributed by atoms with van der Waals surface area (Å²) in [5.41, 5.74) is -1.02. The molecule has 2 aliphatic rings. The molecule has 1 N–H and O–H groups in total. The summed E-state index contributed by atoms with van der Waals surface area (Å²) in [6.07, 6.45) is -2.73. The minimum Gasteiger partial charge on any atom is -0.511 e. The molecule has 2 rings (SSSR count). The Hall–Kier alpha value is -2.40. The van der Waals surface area contributed by atoms with Gasteiger partial charge in [-0.2, -0.15) is 0 Å². The van der Waals surface area contributed by atoms with Crippen molar-refractivity contribution in [2.45, 2.75) is 84.2 Å². The highest BCUT2D eigenvalue weighted by atomic mass is 32.1. The van der Waals surface area contributed by atoms with Crippen LogP contribution in [0.2, 0.25) is 0 Å². The van der Waals surface area contributed by atoms with Crippen LogP contribution in [0.5, 0.6) is 0 Å². The van der Waals surface area contributed by atoms with Gasteiger partial charge in [0.15, 0.2) is 18.0 Å². The van der Waals surface area contributed by atoms with Gasteiger partial charge >= 0.3 is 17.9 Å². The number of thiol groups is 1. The lowest BCUT2D eigenvalue weighted by Crippen LogP contribution is -2.59. The SMILES string of the molecule is CC(=O)OC[C@H]1O[C@@H](S)[C@@H](N=C(C)C2=C(O)CC(C)(C)CC2=O)[C@@H](OC(C)=O)[C@@H]1OC(C)=O. The molecule has 10 nitrogen and oxygen atoms in total. The molecular formula is C22H31NO9S. The van der Waals surface area contributed by atoms with E-state index in [0.29, 0.717) is 6.42 Å². The standard InChI is InChI=1S/C22H31NO9S/c1-10(17-14(27)7-22(5,6)8-15(17)28)23-18-20(31-13(4)26)19(30-12(3)25)16(32-21(18)33)9-29-11(2)24/h16,18-21,27,33H,7-9H2,1-6H3/t16-,18+,19-,20-,21+/m1/s1. The van der Waals surface area contributed by atoms with Gasteiger partial charge in [0.2, 0.25) is 0 Å². The first kappa shape index (κ1) is 26.8. The Bertz CT molecular complexity index is 879. The van der Waals surface area contributed by atoms with Crippen LogP contribution in [-0.4, -0.2) is 70.9 Å². The number of ether oxygens (including phenoxy) is 4. The number of aliphatic hydroxyl groups excluding tert-OH is 1. The average molecular weight is 486 g/mol. The largest absolute Gasteiger partial charge is 0.511 e. The molecule has 0 amide bonds. The van der Waals surface area contributed by atoms with Crippen LogP contribution in [0.1, 0.15) is 54.4 Å². The zero-order valence-corrected chi connectivity index (χ0v) is 20.5. The van der Waals surface area contributed by atoms with E-state index in [1.165, 1.54) is 20.8 Å². The van der Waals surface area contributed by atoms with E-state index in [1.54, 1.807) is 6.92 Å². The van der Waals surface area contributed by atoms with Gasteiger partial charge in [0, 0.05) is 39.3 Å². The first-order valence-electron chi connectivity index (χ1n) is 10.5. The van der Waals surface area contributed by atoms with Crippen LogP contribution in [0.15, 0.2) is 16.3 Å². The molecule has 1 aliphatic carbocycles. The zero-order valence-electron chi connectivity index (χ0n) is 19.6. The number of Topliss-reactive ketones (excluding diaryl/α,β-unsaturated/α-hetero) is 1. The highest BCUT2D eigenvalue weighted by Crippen LogP contribution is 2.37. The van der Waals surface area contributed by atoms with Crippen molar-refractivity contribution in [2.75, 3.05) is 6.61 Å². The number of aliphatic hydroxyl groups is 1. The summed E-state index contributed by atoms with van der Waals surface area (Å²) < 4.78 is 21.6. The molecule has 11 heteroatoms. The van der Waals surface area contributed by atoms with E-state index >= 15 is 0 Å². The van der Waals surface area contributed by atoms with Crippen LogP contribution in [0.3, 0.4) is 0 Å². The fourth-order valence-corrected chi connectivity index (χ4v) is 4.42. The van der Waals surface area contributed by atoms with E-state index in [1.807, 2.05) is 13.8 Å². The van der Waals surface area contributed by atoms with Gasteiger partial charge in [-0.15, -0.1) is 12.6 Å². The van der Waals surface area contributed by atoms with Crippen LogP contribution in [0.4, 0.5) is 0 Å². The summed E-state index contributed by atoms with van der Waals surface area (Å²) in [6.45, 7) is 8.62. The Kier molecular flexibility index (Phi) is 8.69. The lowest BCUT2D eigenvalue weighted by atomic mass is 9.75. The van der Waals surface area contributed by atoms with Gasteiger partial charge in [-0.25, -0.2) is 0 Å². The molecule has 0 bridgehead atoms. The second-order valence-corrected chi connectivity index (χ2v) is 9.49. The van der Waals surface area contributed by atoms with Gasteiger partial charge in [-0.05, 0) is 12.3 Å². The van der Waals surface area contributed by atoms with Crippen molar-refractivity contribution in [2.24, 2.45) is 10.4 Å². The maximum atomic E-state index is 12.7. The number of carbonyl (C=O) groups is 4. The maximum absolute atomic E-state index is 12.7. The third-order valence-electron chi connectivity index (χ3n) is 5.25. The summed E-state index contributed by atoms with van der Waals surface area (Å²) in [7, 11) is 0. The van der Waals surface area contributed by atoms with Crippen LogP contribution in [-0.2, 0) is 38.1 Å². The van der Waals surface area contributed by atoms with E-state index < -0.39 is 47.7 Å². The summed E-state index contributed by atoms with van der Waals surface area (Å²) in [5.74, 6) is -2.24. The van der Waals surface area contributed by atoms with Gasteiger partial charge in [-0.1, -0.05) is 13.8 Å². The maximum Gasteiger partial charge on any atom is 0.303 e. The van der Waals surface area contributed by atoms with Crippen molar-refractivity contribution in [3.8, 4) is 0 Å². The van der Waals surface area contributed by atoms with Crippen molar-refractivity contribution in [3.63, 3.8) is 0 Å². The monoisotopic (exact) mass is 485 g/mol. The number of carbonyl (C=O) groups excluding carboxylic acids is 4. The second-order valence-electron chi connectivity index (χ2n) is 8.98. The average Bonchev–Trinajstić information content (AvgIpc) is 2.62. The van der Waals surface area contributed by atoms with Crippen molar-refractivity contribution in [1.82, 2.24) is 0 Å². The Labute approximate surface area is 198 Å². The van der Waals surface area contributed by atoms with E-state index in [0.717, 1.165) is 0 Å². The molecular weight excluding hydrogens is 454 g/mol. The number of hydrogen-bond donors (Lipinski definition) is 2. The molecule has 0 aromatic rings. The van der Waals surface area contributed by atoms with Crippen LogP contribution in [0.25, 0.3) is 0 Å². The van der Waals surface area contributed by atoms with Gasteiger partial charge < -0.3 is 24.1 Å². The molecule has 5 atom stereocenters. The predicted octanol–water partition coefficient (Wildman–Crippen LogP) is 2.10. The van der Waals surface area contributed by atoms with Gasteiger partial charge in [0.25, 0.3) is 0 Å². The molecule has 0 radical (unpaired) electrons. The van der Waals surface area contributed by atoms with Gasteiger partial charge in [0.1, 0.15) is 29.9 Å². The van der Waals surface area contributed by atoms with E-state index in [-0.39, 0.29) is 41.3 Å². The number of nitrogens with zero attached hydrogens (tertiary/aromatic N) is 1. The van der Waals surface area contributed by atoms with Crippen molar-refractivity contribution < 1.29 is 43.2 Å². The topological polar surface area (TPSA) is 138 Å². The van der Waals surface area contributed by atoms with Crippen LogP contribution in [0, 0.1) is 5.41 Å². The molecule has 33 heavy (non-hydrogen) atoms. The summed E-state index contributed by atoms with van der Waals surface area (Å²) >= 11 is 4.42. The number of hydrogen-bond acceptors (Lipinski definition) is 11. The minimum absolute atomic E-state index is 0.0711. The number of ketones is 1. The quantitative estimate of drug-likeness (QED) is 0.251. The first-order chi connectivity index (χ1) is 15.2. The molecule has 0 aromatic carbocycles. The predicted molar refractivity (Wildman–Crippen MR) is 120 cm³/mol. The Morgan fingerprint density at radius 3 is 2.15 bits per heavy atom. The van der Waals surface area contributed by atoms with Crippen molar-refractivity contribution in [3.05, 3.63) is 11.3 Å². The molecule has 1 aliphatic heterocycles. The molecule has 0 aromatic heterocycles. The lowest BCUT2D eigenvalue weighted by Gasteiger charge is -2.42. The first-order valence-corrected chi connectivity index (χ1v) is 11.0. The lowest BCUT2D eigenvalue weighted by molar-refractivity contribution is -0.208. The van der Waals surface area contributed by atoms with Crippen molar-refractivity contribution >= 4 is 42.0 Å². The number of aliphatic imine (C=N–C) groups is 1. The van der Waals surface area contributed by atoms with Crippen molar-refractivity contribution in [1.29, 1.82) is 0 Å². The number of esters is 3. The minimum atomic E-state index is -1.15. The zero-order chi connectivity index (χ0) is 25.1. The van der Waals surface area contributed by atoms with E-state index in [9.17, 15) is 24.3 Å². The highest BCUT2D eigenvalue weighted by molar-refractivity contribution is 7.80. The Morgan fingerprint density at radius 1 is 1.06 bits per heavy atom. The van der Waals surface area contributed by atoms with Gasteiger partial charge in [-0.3, -0.25) is 24.2 Å². The fourth-order valence-electron chi connectivity index (χ4n) is 4.03. The Morgan fingerprint density at radius 2 is 1.64 bits per heavy atom. The number of allylic oxidation sites excluding steroid dienone is 2. The normalized spacial score (nSPS) is 30.0. The molecule has 0 spiro atoms. The van der Waals surface area contributed by atoms with Crippen LogP contribution < -0.4 is 0 Å². The molecule has 1 heterocycles. The second kappa shape index (κ2) is 10.7. The third kappa shape index (κ3) is 7.04. The van der Waals surface area contributed by atoms with E-state index in [4.69, 9.17) is 18.9 Å². The summed E-state index contributed by atoms with van der Waals surface area (Å²) in [5, 5.41) is 10.5. The molecule has 1 fully saturated rings. The molecule has 1 saturated heterocycles. The smallest absolute Gasteiger partial charge is 0.303 e. The van der Waals surface area contributed by atoms with Gasteiger partial charge in [0.05, 0.1) is 5.57 Å². The Balaban J connectivity index is 2.46. The summed E-state index contributed by atoms with van der Waals surface area (Å²) in [4.78, 5) is 52.1. The summed E-state index contributed by atoms with van der Waals surface area (Å²) in [6, 6.07) is -0.988.